The third kappa shape index (κ3) is 1.80. The molecule has 0 atom stereocenters. The number of nitrogens with zero attached hydrogens (tertiary/aromatic N) is 1. The van der Waals surface area contributed by atoms with Crippen LogP contribution in [0.2, 0.25) is 0 Å². The molecule has 2 rings (SSSR count). The van der Waals surface area contributed by atoms with Gasteiger partial charge in [-0.3, -0.25) is 0 Å². The van der Waals surface area contributed by atoms with Crippen molar-refractivity contribution in [3.8, 4) is 10.6 Å². The molecule has 3 nitrogen and oxygen atoms in total. The molecule has 2 aromatic heterocycles. The molecule has 0 aliphatic rings. The van der Waals surface area contributed by atoms with E-state index in [0.29, 0.717) is 0 Å². The molecular weight excluding hydrogens is 230 g/mol. The number of hydrogen-bond donors (Lipinski definition) is 1. The van der Waals surface area contributed by atoms with Gasteiger partial charge in [-0.2, -0.15) is 11.3 Å². The number of aryl methyl sites for hydroxylation is 2. The quantitative estimate of drug-likeness (QED) is 0.875. The van der Waals surface area contributed by atoms with Gasteiger partial charge in [0.05, 0.1) is 0 Å². The second-order valence-electron chi connectivity index (χ2n) is 3.20. The normalized spacial score (nSPS) is 10.5. The molecular formula is C10H9NO2S2. The van der Waals surface area contributed by atoms with Gasteiger partial charge in [0.2, 0.25) is 0 Å². The second-order valence-corrected chi connectivity index (χ2v) is 5.14. The van der Waals surface area contributed by atoms with E-state index in [-0.39, 0.29) is 5.69 Å². The molecule has 2 heterocycles. The van der Waals surface area contributed by atoms with E-state index >= 15 is 0 Å². The maximum atomic E-state index is 10.8. The maximum absolute atomic E-state index is 10.8. The largest absolute Gasteiger partial charge is 0.476 e. The number of hydrogen-bond acceptors (Lipinski definition) is 4. The van der Waals surface area contributed by atoms with Gasteiger partial charge in [-0.05, 0) is 24.8 Å². The van der Waals surface area contributed by atoms with Gasteiger partial charge in [0.25, 0.3) is 0 Å². The van der Waals surface area contributed by atoms with Crippen LogP contribution in [0.4, 0.5) is 0 Å². The van der Waals surface area contributed by atoms with Gasteiger partial charge < -0.3 is 5.11 Å². The molecule has 0 spiro atoms. The van der Waals surface area contributed by atoms with E-state index < -0.39 is 5.97 Å². The van der Waals surface area contributed by atoms with Crippen LogP contribution in [0.1, 0.15) is 20.9 Å². The number of carbonyl (C=O) groups is 1. The summed E-state index contributed by atoms with van der Waals surface area (Å²) in [4.78, 5) is 15.7. The molecule has 1 N–H and O–H groups in total. The van der Waals surface area contributed by atoms with Crippen molar-refractivity contribution >= 4 is 28.6 Å². The highest BCUT2D eigenvalue weighted by Gasteiger charge is 2.16. The molecule has 0 saturated heterocycles. The summed E-state index contributed by atoms with van der Waals surface area (Å²) in [6.45, 7) is 3.79. The van der Waals surface area contributed by atoms with E-state index in [0.717, 1.165) is 21.0 Å². The Hall–Kier alpha value is -1.20. The molecule has 15 heavy (non-hydrogen) atoms. The Balaban J connectivity index is 2.52. The third-order valence-electron chi connectivity index (χ3n) is 2.09. The Labute approximate surface area is 95.0 Å². The summed E-state index contributed by atoms with van der Waals surface area (Å²) in [5, 5.41) is 13.7. The first-order valence-corrected chi connectivity index (χ1v) is 6.09. The van der Waals surface area contributed by atoms with Crippen molar-refractivity contribution < 1.29 is 9.90 Å². The van der Waals surface area contributed by atoms with Gasteiger partial charge in [0, 0.05) is 15.8 Å². The molecule has 0 aliphatic heterocycles. The van der Waals surface area contributed by atoms with E-state index in [1.807, 2.05) is 17.7 Å². The lowest BCUT2D eigenvalue weighted by molar-refractivity contribution is 0.0690. The van der Waals surface area contributed by atoms with Crippen LogP contribution >= 0.6 is 22.7 Å². The van der Waals surface area contributed by atoms with Crippen molar-refractivity contribution in [3.05, 3.63) is 26.9 Å². The standard InChI is InChI=1S/C10H9NO2S2/c1-5-3-14-4-7(5)9-11-8(10(12)13)6(2)15-9/h3-4H,1-2H3,(H,12,13). The number of rotatable bonds is 2. The topological polar surface area (TPSA) is 50.2 Å². The minimum Gasteiger partial charge on any atom is -0.476 e. The van der Waals surface area contributed by atoms with Crippen LogP contribution in [-0.4, -0.2) is 16.1 Å². The fourth-order valence-corrected chi connectivity index (χ4v) is 3.18. The van der Waals surface area contributed by atoms with Gasteiger partial charge in [-0.1, -0.05) is 0 Å². The molecule has 0 aliphatic carbocycles. The van der Waals surface area contributed by atoms with Crippen LogP contribution in [0.25, 0.3) is 10.6 Å². The van der Waals surface area contributed by atoms with Crippen LogP contribution in [0, 0.1) is 13.8 Å². The average Bonchev–Trinajstić information content (AvgIpc) is 2.71. The summed E-state index contributed by atoms with van der Waals surface area (Å²) in [5.74, 6) is -0.956. The molecule has 0 bridgehead atoms. The Morgan fingerprint density at radius 3 is 2.60 bits per heavy atom. The van der Waals surface area contributed by atoms with Crippen molar-refractivity contribution in [3.63, 3.8) is 0 Å². The van der Waals surface area contributed by atoms with Gasteiger partial charge in [-0.25, -0.2) is 9.78 Å². The molecule has 0 radical (unpaired) electrons. The average molecular weight is 239 g/mol. The van der Waals surface area contributed by atoms with E-state index in [1.165, 1.54) is 11.3 Å². The highest BCUT2D eigenvalue weighted by atomic mass is 32.1. The lowest BCUT2D eigenvalue weighted by atomic mass is 10.2. The fourth-order valence-electron chi connectivity index (χ4n) is 1.29. The summed E-state index contributed by atoms with van der Waals surface area (Å²) < 4.78 is 0. The molecule has 0 aromatic carbocycles. The molecule has 78 valence electrons. The van der Waals surface area contributed by atoms with Crippen molar-refractivity contribution in [1.82, 2.24) is 4.98 Å². The molecule has 0 amide bonds. The SMILES string of the molecule is Cc1cscc1-c1nc(C(=O)O)c(C)s1. The van der Waals surface area contributed by atoms with Crippen LogP contribution in [0.5, 0.6) is 0 Å². The molecule has 0 saturated carbocycles. The fraction of sp³-hybridized carbons (Fsp3) is 0.200. The van der Waals surface area contributed by atoms with Gasteiger partial charge in [0.1, 0.15) is 5.01 Å². The Kier molecular flexibility index (Phi) is 2.58. The first kappa shape index (κ1) is 10.3. The Morgan fingerprint density at radius 2 is 2.13 bits per heavy atom. The van der Waals surface area contributed by atoms with Gasteiger partial charge in [-0.15, -0.1) is 11.3 Å². The van der Waals surface area contributed by atoms with Crippen molar-refractivity contribution in [2.75, 3.05) is 0 Å². The lowest BCUT2D eigenvalue weighted by Gasteiger charge is -1.91. The second kappa shape index (κ2) is 3.75. The highest BCUT2D eigenvalue weighted by Crippen LogP contribution is 2.31. The molecule has 0 fully saturated rings. The number of thiophene rings is 1. The summed E-state index contributed by atoms with van der Waals surface area (Å²) >= 11 is 3.03. The van der Waals surface area contributed by atoms with E-state index in [4.69, 9.17) is 5.11 Å². The smallest absolute Gasteiger partial charge is 0.355 e. The summed E-state index contributed by atoms with van der Waals surface area (Å²) in [6, 6.07) is 0. The van der Waals surface area contributed by atoms with Crippen LogP contribution in [-0.2, 0) is 0 Å². The Morgan fingerprint density at radius 1 is 1.40 bits per heavy atom. The number of carboxylic acids is 1. The summed E-state index contributed by atoms with van der Waals surface area (Å²) in [6.07, 6.45) is 0. The number of aromatic nitrogens is 1. The zero-order valence-corrected chi connectivity index (χ0v) is 9.91. The molecule has 0 unspecified atom stereocenters. The summed E-state index contributed by atoms with van der Waals surface area (Å²) in [7, 11) is 0. The predicted molar refractivity (Wildman–Crippen MR) is 61.9 cm³/mol. The van der Waals surface area contributed by atoms with Gasteiger partial charge >= 0.3 is 5.97 Å². The summed E-state index contributed by atoms with van der Waals surface area (Å²) in [5.41, 5.74) is 2.35. The van der Waals surface area contributed by atoms with Crippen LogP contribution in [0.3, 0.4) is 0 Å². The van der Waals surface area contributed by atoms with E-state index in [2.05, 4.69) is 4.98 Å². The number of carboxylic acid groups (broad SMARTS) is 1. The van der Waals surface area contributed by atoms with Crippen molar-refractivity contribution in [2.24, 2.45) is 0 Å². The van der Waals surface area contributed by atoms with Gasteiger partial charge in [0.15, 0.2) is 5.69 Å². The van der Waals surface area contributed by atoms with E-state index in [1.54, 1.807) is 18.3 Å². The molecule has 5 heteroatoms. The third-order valence-corrected chi connectivity index (χ3v) is 3.95. The van der Waals surface area contributed by atoms with Crippen LogP contribution in [0.15, 0.2) is 10.8 Å². The number of thiazole rings is 1. The monoisotopic (exact) mass is 239 g/mol. The molecule has 2 aromatic rings. The minimum absolute atomic E-state index is 0.167. The zero-order chi connectivity index (χ0) is 11.0. The maximum Gasteiger partial charge on any atom is 0.355 e. The van der Waals surface area contributed by atoms with Crippen molar-refractivity contribution in [2.45, 2.75) is 13.8 Å². The first-order chi connectivity index (χ1) is 7.09. The zero-order valence-electron chi connectivity index (χ0n) is 8.27. The highest BCUT2D eigenvalue weighted by molar-refractivity contribution is 7.16. The van der Waals surface area contributed by atoms with Crippen molar-refractivity contribution in [1.29, 1.82) is 0 Å². The Bertz CT molecular complexity index is 513. The minimum atomic E-state index is -0.956. The predicted octanol–water partition coefficient (Wildman–Crippen LogP) is 3.19. The van der Waals surface area contributed by atoms with Crippen LogP contribution < -0.4 is 0 Å². The first-order valence-electron chi connectivity index (χ1n) is 4.33. The number of aromatic carboxylic acids is 1. The van der Waals surface area contributed by atoms with E-state index in [9.17, 15) is 4.79 Å². The lowest BCUT2D eigenvalue weighted by Crippen LogP contribution is -1.98.